The summed E-state index contributed by atoms with van der Waals surface area (Å²) in [6, 6.07) is 2.30. The Hall–Kier alpha value is -2.02. The van der Waals surface area contributed by atoms with Crippen LogP contribution in [0.5, 0.6) is 0 Å². The number of aromatic nitrogens is 1. The monoisotopic (exact) mass is 256 g/mol. The van der Waals surface area contributed by atoms with Crippen LogP contribution < -0.4 is 0 Å². The number of aliphatic carboxylic acids is 1. The molecule has 0 aliphatic carbocycles. The maximum absolute atomic E-state index is 12.6. The summed E-state index contributed by atoms with van der Waals surface area (Å²) in [5.41, 5.74) is 0.133. The number of hydrogen-bond donors (Lipinski definition) is 1. The Morgan fingerprint density at radius 2 is 2.22 bits per heavy atom. The number of rotatable bonds is 6. The standard InChI is InChI=1S/C11H13FN2O4/c1-18-5-4-14(7-10(15)16)11(17)8-2-3-9(12)13-6-8/h2-3,6H,4-5,7H2,1H3,(H,15,16). The topological polar surface area (TPSA) is 79.7 Å². The van der Waals surface area contributed by atoms with Crippen LogP contribution >= 0.6 is 0 Å². The zero-order valence-electron chi connectivity index (χ0n) is 9.80. The number of carboxylic acid groups (broad SMARTS) is 1. The third kappa shape index (κ3) is 4.10. The normalized spacial score (nSPS) is 10.1. The number of nitrogens with zero attached hydrogens (tertiary/aromatic N) is 2. The minimum Gasteiger partial charge on any atom is -0.480 e. The molecule has 0 saturated carbocycles. The molecule has 1 amide bonds. The van der Waals surface area contributed by atoms with E-state index in [4.69, 9.17) is 9.84 Å². The van der Waals surface area contributed by atoms with Crippen molar-refractivity contribution in [1.29, 1.82) is 0 Å². The van der Waals surface area contributed by atoms with Crippen LogP contribution in [0, 0.1) is 5.95 Å². The van der Waals surface area contributed by atoms with Gasteiger partial charge < -0.3 is 14.7 Å². The van der Waals surface area contributed by atoms with Crippen molar-refractivity contribution >= 4 is 11.9 Å². The van der Waals surface area contributed by atoms with E-state index in [2.05, 4.69) is 4.98 Å². The second kappa shape index (κ2) is 6.65. The molecule has 6 nitrogen and oxygen atoms in total. The number of hydrogen-bond acceptors (Lipinski definition) is 4. The number of pyridine rings is 1. The van der Waals surface area contributed by atoms with Crippen molar-refractivity contribution in [2.24, 2.45) is 0 Å². The fraction of sp³-hybridized carbons (Fsp3) is 0.364. The summed E-state index contributed by atoms with van der Waals surface area (Å²) >= 11 is 0. The fourth-order valence-electron chi connectivity index (χ4n) is 1.30. The zero-order valence-corrected chi connectivity index (χ0v) is 9.80. The van der Waals surface area contributed by atoms with Gasteiger partial charge in [0.05, 0.1) is 12.2 Å². The van der Waals surface area contributed by atoms with E-state index in [-0.39, 0.29) is 18.7 Å². The number of methoxy groups -OCH3 is 1. The molecule has 98 valence electrons. The predicted octanol–water partition coefficient (Wildman–Crippen LogP) is 0.394. The van der Waals surface area contributed by atoms with Gasteiger partial charge in [-0.1, -0.05) is 0 Å². The summed E-state index contributed by atoms with van der Waals surface area (Å²) in [4.78, 5) is 27.0. The molecule has 0 radical (unpaired) electrons. The van der Waals surface area contributed by atoms with Crippen molar-refractivity contribution in [1.82, 2.24) is 9.88 Å². The predicted molar refractivity (Wildman–Crippen MR) is 59.6 cm³/mol. The highest BCUT2D eigenvalue weighted by atomic mass is 19.1. The lowest BCUT2D eigenvalue weighted by Crippen LogP contribution is -2.38. The van der Waals surface area contributed by atoms with E-state index in [9.17, 15) is 14.0 Å². The maximum atomic E-state index is 12.6. The first-order valence-corrected chi connectivity index (χ1v) is 5.16. The van der Waals surface area contributed by atoms with Crippen LogP contribution in [0.15, 0.2) is 18.3 Å². The molecule has 1 N–H and O–H groups in total. The van der Waals surface area contributed by atoms with E-state index in [1.807, 2.05) is 0 Å². The Labute approximate surface area is 103 Å². The smallest absolute Gasteiger partial charge is 0.323 e. The van der Waals surface area contributed by atoms with Crippen LogP contribution in [0.1, 0.15) is 10.4 Å². The van der Waals surface area contributed by atoms with Crippen molar-refractivity contribution in [2.75, 3.05) is 26.8 Å². The number of amides is 1. The number of carboxylic acids is 1. The molecule has 1 rings (SSSR count). The highest BCUT2D eigenvalue weighted by Gasteiger charge is 2.18. The molecule has 1 heterocycles. The number of ether oxygens (including phenoxy) is 1. The highest BCUT2D eigenvalue weighted by Crippen LogP contribution is 2.04. The Balaban J connectivity index is 2.80. The minimum absolute atomic E-state index is 0.133. The number of carbonyl (C=O) groups is 2. The SMILES string of the molecule is COCCN(CC(=O)O)C(=O)c1ccc(F)nc1. The summed E-state index contributed by atoms with van der Waals surface area (Å²) in [7, 11) is 1.45. The van der Waals surface area contributed by atoms with E-state index in [1.165, 1.54) is 13.2 Å². The maximum Gasteiger partial charge on any atom is 0.323 e. The third-order valence-electron chi connectivity index (χ3n) is 2.15. The first-order chi connectivity index (χ1) is 8.54. The van der Waals surface area contributed by atoms with Gasteiger partial charge in [0, 0.05) is 19.9 Å². The highest BCUT2D eigenvalue weighted by molar-refractivity contribution is 5.95. The minimum atomic E-state index is -1.13. The number of halogens is 1. The Bertz CT molecular complexity index is 422. The van der Waals surface area contributed by atoms with Gasteiger partial charge in [-0.15, -0.1) is 0 Å². The van der Waals surface area contributed by atoms with Crippen molar-refractivity contribution in [2.45, 2.75) is 0 Å². The second-order valence-corrected chi connectivity index (χ2v) is 3.48. The molecule has 0 saturated heterocycles. The zero-order chi connectivity index (χ0) is 13.5. The summed E-state index contributed by atoms with van der Waals surface area (Å²) < 4.78 is 17.4. The molecular weight excluding hydrogens is 243 g/mol. The van der Waals surface area contributed by atoms with Gasteiger partial charge in [-0.25, -0.2) is 4.98 Å². The Morgan fingerprint density at radius 1 is 1.50 bits per heavy atom. The molecule has 18 heavy (non-hydrogen) atoms. The summed E-state index contributed by atoms with van der Waals surface area (Å²) in [5.74, 6) is -2.36. The molecule has 0 aliphatic rings. The third-order valence-corrected chi connectivity index (χ3v) is 2.15. The molecule has 0 aliphatic heterocycles. The summed E-state index contributed by atoms with van der Waals surface area (Å²) in [6.45, 7) is -0.0910. The van der Waals surface area contributed by atoms with Gasteiger partial charge in [0.2, 0.25) is 5.95 Å². The largest absolute Gasteiger partial charge is 0.480 e. The molecule has 0 fully saturated rings. The fourth-order valence-corrected chi connectivity index (χ4v) is 1.30. The number of carbonyl (C=O) groups excluding carboxylic acids is 1. The molecule has 7 heteroatoms. The average molecular weight is 256 g/mol. The van der Waals surface area contributed by atoms with Gasteiger partial charge in [0.15, 0.2) is 0 Å². The van der Waals surface area contributed by atoms with Gasteiger partial charge in [0.1, 0.15) is 6.54 Å². The molecule has 0 atom stereocenters. The van der Waals surface area contributed by atoms with Crippen LogP contribution in [-0.4, -0.2) is 53.7 Å². The van der Waals surface area contributed by atoms with Crippen molar-refractivity contribution < 1.29 is 23.8 Å². The van der Waals surface area contributed by atoms with E-state index >= 15 is 0 Å². The summed E-state index contributed by atoms with van der Waals surface area (Å²) in [5, 5.41) is 8.71. The molecule has 1 aromatic heterocycles. The molecule has 0 spiro atoms. The second-order valence-electron chi connectivity index (χ2n) is 3.48. The van der Waals surface area contributed by atoms with E-state index in [0.717, 1.165) is 17.2 Å². The van der Waals surface area contributed by atoms with Crippen LogP contribution in [0.4, 0.5) is 4.39 Å². The first kappa shape index (κ1) is 14.0. The lowest BCUT2D eigenvalue weighted by Gasteiger charge is -2.20. The van der Waals surface area contributed by atoms with Crippen molar-refractivity contribution in [3.05, 3.63) is 29.8 Å². The van der Waals surface area contributed by atoms with E-state index in [1.54, 1.807) is 0 Å². The van der Waals surface area contributed by atoms with Crippen molar-refractivity contribution in [3.8, 4) is 0 Å². The molecule has 1 aromatic rings. The molecule has 0 aromatic carbocycles. The first-order valence-electron chi connectivity index (χ1n) is 5.16. The lowest BCUT2D eigenvalue weighted by atomic mass is 10.2. The van der Waals surface area contributed by atoms with Crippen LogP contribution in [0.25, 0.3) is 0 Å². The Morgan fingerprint density at radius 3 is 2.72 bits per heavy atom. The molecule has 0 bridgehead atoms. The van der Waals surface area contributed by atoms with Gasteiger partial charge in [-0.05, 0) is 12.1 Å². The van der Waals surface area contributed by atoms with E-state index in [0.29, 0.717) is 0 Å². The van der Waals surface area contributed by atoms with Gasteiger partial charge in [-0.2, -0.15) is 4.39 Å². The van der Waals surface area contributed by atoms with Gasteiger partial charge >= 0.3 is 5.97 Å². The van der Waals surface area contributed by atoms with E-state index < -0.39 is 24.4 Å². The average Bonchev–Trinajstić information content (AvgIpc) is 2.34. The quantitative estimate of drug-likeness (QED) is 0.745. The summed E-state index contributed by atoms with van der Waals surface area (Å²) in [6.07, 6.45) is 1.07. The Kier molecular flexibility index (Phi) is 5.19. The van der Waals surface area contributed by atoms with Crippen LogP contribution in [0.3, 0.4) is 0 Å². The van der Waals surface area contributed by atoms with Gasteiger partial charge in [0.25, 0.3) is 5.91 Å². The molecule has 0 unspecified atom stereocenters. The van der Waals surface area contributed by atoms with Crippen LogP contribution in [-0.2, 0) is 9.53 Å². The molecular formula is C11H13FN2O4. The lowest BCUT2D eigenvalue weighted by molar-refractivity contribution is -0.137. The van der Waals surface area contributed by atoms with Crippen molar-refractivity contribution in [3.63, 3.8) is 0 Å². The van der Waals surface area contributed by atoms with Gasteiger partial charge in [-0.3, -0.25) is 9.59 Å². The van der Waals surface area contributed by atoms with Crippen LogP contribution in [0.2, 0.25) is 0 Å².